The van der Waals surface area contributed by atoms with Crippen molar-refractivity contribution in [3.63, 3.8) is 0 Å². The Morgan fingerprint density at radius 2 is 1.86 bits per heavy atom. The number of halogens is 3. The van der Waals surface area contributed by atoms with Gasteiger partial charge in [-0.3, -0.25) is 9.88 Å². The van der Waals surface area contributed by atoms with Crippen molar-refractivity contribution in [2.75, 3.05) is 13.1 Å². The highest BCUT2D eigenvalue weighted by molar-refractivity contribution is 5.54. The molecule has 0 radical (unpaired) electrons. The van der Waals surface area contributed by atoms with Crippen LogP contribution in [0.25, 0.3) is 22.9 Å². The zero-order chi connectivity index (χ0) is 25.2. The lowest BCUT2D eigenvalue weighted by Crippen LogP contribution is -2.32. The molecule has 0 amide bonds. The Morgan fingerprint density at radius 3 is 2.53 bits per heavy atom. The normalized spacial score (nSPS) is 15.1. The van der Waals surface area contributed by atoms with Gasteiger partial charge in [0.2, 0.25) is 5.89 Å². The summed E-state index contributed by atoms with van der Waals surface area (Å²) in [6.07, 6.45) is 0.756. The van der Waals surface area contributed by atoms with Crippen LogP contribution in [0.15, 0.2) is 50.2 Å². The van der Waals surface area contributed by atoms with Crippen LogP contribution in [0, 0.1) is 11.7 Å². The Balaban J connectivity index is 1.27. The van der Waals surface area contributed by atoms with E-state index in [0.29, 0.717) is 17.8 Å². The van der Waals surface area contributed by atoms with Crippen LogP contribution in [0.1, 0.15) is 43.3 Å². The van der Waals surface area contributed by atoms with Crippen LogP contribution in [0.5, 0.6) is 0 Å². The third-order valence-electron chi connectivity index (χ3n) is 6.16. The van der Waals surface area contributed by atoms with Gasteiger partial charge in [0.05, 0.1) is 23.4 Å². The lowest BCUT2D eigenvalue weighted by Gasteiger charge is -2.30. The molecule has 1 aliphatic rings. The Hall–Kier alpha value is -3.80. The lowest BCUT2D eigenvalue weighted by molar-refractivity contribution is 0.116. The van der Waals surface area contributed by atoms with Gasteiger partial charge in [0.1, 0.15) is 5.82 Å². The van der Waals surface area contributed by atoms with Crippen LogP contribution in [-0.2, 0) is 13.1 Å². The van der Waals surface area contributed by atoms with E-state index in [1.165, 1.54) is 12.3 Å². The van der Waals surface area contributed by atoms with Gasteiger partial charge >= 0.3 is 12.2 Å². The van der Waals surface area contributed by atoms with E-state index in [0.717, 1.165) is 42.1 Å². The number of aromatic nitrogens is 5. The van der Waals surface area contributed by atoms with Crippen molar-refractivity contribution in [3.05, 3.63) is 70.0 Å². The van der Waals surface area contributed by atoms with Gasteiger partial charge in [-0.2, -0.15) is 13.5 Å². The second-order valence-electron chi connectivity index (χ2n) is 8.89. The number of alkyl halides is 2. The van der Waals surface area contributed by atoms with Crippen LogP contribution in [0.2, 0.25) is 0 Å². The predicted octanol–water partition coefficient (Wildman–Crippen LogP) is 4.31. The summed E-state index contributed by atoms with van der Waals surface area (Å²) >= 11 is 0. The molecule has 0 aliphatic carbocycles. The van der Waals surface area contributed by atoms with E-state index in [9.17, 15) is 18.0 Å². The Bertz CT molecular complexity index is 1390. The minimum Gasteiger partial charge on any atom is -0.415 e. The fourth-order valence-corrected chi connectivity index (χ4v) is 4.06. The monoisotopic (exact) mass is 500 g/mol. The third-order valence-corrected chi connectivity index (χ3v) is 6.16. The quantitative estimate of drug-likeness (QED) is 0.370. The maximum Gasteiger partial charge on any atom is 0.437 e. The van der Waals surface area contributed by atoms with E-state index in [1.54, 1.807) is 18.2 Å². The van der Waals surface area contributed by atoms with Crippen molar-refractivity contribution in [2.45, 2.75) is 39.3 Å². The summed E-state index contributed by atoms with van der Waals surface area (Å²) in [5, 5.41) is 11.0. The standard InChI is InChI=1S/C24H23F3N6O3/c1-14-6-8-32(9-7-14)12-15-2-5-18(19(25)10-15)22-31-33(24(34)36-22)13-17-4-3-16(11-28-17)21-29-30-23(35-21)20(26)27/h2-5,10-11,14,20H,6-9,12-13H2,1H3. The summed E-state index contributed by atoms with van der Waals surface area (Å²) in [5.74, 6) is -1.57. The minimum absolute atomic E-state index is 0.0399. The Kier molecular flexibility index (Phi) is 6.68. The molecule has 188 valence electrons. The average Bonchev–Trinajstić information content (AvgIpc) is 3.49. The Labute approximate surface area is 203 Å². The zero-order valence-corrected chi connectivity index (χ0v) is 19.4. The molecular weight excluding hydrogens is 477 g/mol. The highest BCUT2D eigenvalue weighted by atomic mass is 19.3. The topological polar surface area (TPSA) is 103 Å². The smallest absolute Gasteiger partial charge is 0.415 e. The van der Waals surface area contributed by atoms with Crippen molar-refractivity contribution in [1.82, 2.24) is 29.9 Å². The lowest BCUT2D eigenvalue weighted by atomic mass is 9.99. The number of piperidine rings is 1. The molecular formula is C24H23F3N6O3. The first-order valence-corrected chi connectivity index (χ1v) is 11.5. The van der Waals surface area contributed by atoms with Gasteiger partial charge in [-0.05, 0) is 61.7 Å². The van der Waals surface area contributed by atoms with Gasteiger partial charge in [0.25, 0.3) is 11.8 Å². The SMILES string of the molecule is CC1CCN(Cc2ccc(-c3nn(Cc4ccc(-c5nnc(C(F)F)o5)cn4)c(=O)o3)c(F)c2)CC1. The number of likely N-dealkylation sites (tertiary alicyclic amines) is 1. The molecule has 0 unspecified atom stereocenters. The molecule has 0 saturated carbocycles. The molecule has 0 bridgehead atoms. The van der Waals surface area contributed by atoms with Gasteiger partial charge in [-0.25, -0.2) is 9.18 Å². The number of hydrogen-bond acceptors (Lipinski definition) is 8. The highest BCUT2D eigenvalue weighted by Gasteiger charge is 2.20. The van der Waals surface area contributed by atoms with Crippen LogP contribution >= 0.6 is 0 Å². The molecule has 0 atom stereocenters. The first-order valence-electron chi connectivity index (χ1n) is 11.5. The van der Waals surface area contributed by atoms with E-state index in [4.69, 9.17) is 8.83 Å². The molecule has 36 heavy (non-hydrogen) atoms. The Morgan fingerprint density at radius 1 is 1.06 bits per heavy atom. The van der Waals surface area contributed by atoms with Crippen LogP contribution < -0.4 is 5.76 Å². The molecule has 5 rings (SSSR count). The number of benzene rings is 1. The van der Waals surface area contributed by atoms with Crippen molar-refractivity contribution in [3.8, 4) is 22.9 Å². The molecule has 1 aromatic carbocycles. The molecule has 9 nitrogen and oxygen atoms in total. The van der Waals surface area contributed by atoms with Gasteiger partial charge in [0.15, 0.2) is 0 Å². The molecule has 0 spiro atoms. The van der Waals surface area contributed by atoms with Gasteiger partial charge in [-0.15, -0.1) is 15.3 Å². The van der Waals surface area contributed by atoms with E-state index < -0.39 is 23.9 Å². The number of nitrogens with zero attached hydrogens (tertiary/aromatic N) is 6. The van der Waals surface area contributed by atoms with E-state index >= 15 is 0 Å². The first kappa shape index (κ1) is 23.9. The summed E-state index contributed by atoms with van der Waals surface area (Å²) in [4.78, 5) is 18.8. The first-order chi connectivity index (χ1) is 17.4. The molecule has 0 N–H and O–H groups in total. The van der Waals surface area contributed by atoms with Crippen LogP contribution in [0.3, 0.4) is 0 Å². The molecule has 1 fully saturated rings. The van der Waals surface area contributed by atoms with Crippen LogP contribution in [-0.4, -0.2) is 43.0 Å². The van der Waals surface area contributed by atoms with Gasteiger partial charge < -0.3 is 8.83 Å². The van der Waals surface area contributed by atoms with Crippen molar-refractivity contribution >= 4 is 0 Å². The second kappa shape index (κ2) is 10.1. The average molecular weight is 500 g/mol. The fourth-order valence-electron chi connectivity index (χ4n) is 4.06. The zero-order valence-electron chi connectivity index (χ0n) is 19.4. The number of pyridine rings is 1. The fraction of sp³-hybridized carbons (Fsp3) is 0.375. The van der Waals surface area contributed by atoms with E-state index in [1.807, 2.05) is 6.07 Å². The summed E-state index contributed by atoms with van der Waals surface area (Å²) in [7, 11) is 0. The third kappa shape index (κ3) is 5.23. The summed E-state index contributed by atoms with van der Waals surface area (Å²) in [6.45, 7) is 4.85. The number of hydrogen-bond donors (Lipinski definition) is 0. The molecule has 12 heteroatoms. The second-order valence-corrected chi connectivity index (χ2v) is 8.89. The molecule has 4 heterocycles. The largest absolute Gasteiger partial charge is 0.437 e. The maximum absolute atomic E-state index is 14.9. The van der Waals surface area contributed by atoms with Crippen LogP contribution in [0.4, 0.5) is 13.2 Å². The summed E-state index contributed by atoms with van der Waals surface area (Å²) in [5.41, 5.74) is 1.71. The number of rotatable bonds is 7. The van der Waals surface area contributed by atoms with Crippen molar-refractivity contribution < 1.29 is 22.0 Å². The van der Waals surface area contributed by atoms with Gasteiger partial charge in [-0.1, -0.05) is 13.0 Å². The molecule has 1 aliphatic heterocycles. The summed E-state index contributed by atoms with van der Waals surface area (Å²) in [6, 6.07) is 7.92. The highest BCUT2D eigenvalue weighted by Crippen LogP contribution is 2.25. The predicted molar refractivity (Wildman–Crippen MR) is 121 cm³/mol. The molecule has 4 aromatic rings. The van der Waals surface area contributed by atoms with E-state index in [2.05, 4.69) is 32.1 Å². The van der Waals surface area contributed by atoms with Gasteiger partial charge in [0, 0.05) is 12.7 Å². The van der Waals surface area contributed by atoms with E-state index in [-0.39, 0.29) is 23.9 Å². The summed E-state index contributed by atoms with van der Waals surface area (Å²) < 4.78 is 51.2. The van der Waals surface area contributed by atoms with Crippen molar-refractivity contribution in [1.29, 1.82) is 0 Å². The molecule has 1 saturated heterocycles. The van der Waals surface area contributed by atoms with Crippen molar-refractivity contribution in [2.24, 2.45) is 5.92 Å². The minimum atomic E-state index is -2.87. The molecule has 3 aromatic heterocycles. The maximum atomic E-state index is 14.9.